The molecule has 2 heterocycles. The van der Waals surface area contributed by atoms with Crippen LogP contribution in [0.1, 0.15) is 32.6 Å². The molecule has 1 aromatic rings. The monoisotopic (exact) mass is 478 g/mol. The van der Waals surface area contributed by atoms with Gasteiger partial charge in [0, 0.05) is 32.1 Å². The highest BCUT2D eigenvalue weighted by atomic mass is 32.1. The molecule has 33 heavy (non-hydrogen) atoms. The van der Waals surface area contributed by atoms with E-state index in [4.69, 9.17) is 21.7 Å². The molecule has 1 aromatic carbocycles. The van der Waals surface area contributed by atoms with Crippen molar-refractivity contribution in [3.8, 4) is 0 Å². The van der Waals surface area contributed by atoms with Crippen LogP contribution in [0.4, 0.5) is 25.4 Å². The lowest BCUT2D eigenvalue weighted by atomic mass is 10.1. The maximum atomic E-state index is 15.0. The Morgan fingerprint density at radius 1 is 1.24 bits per heavy atom. The van der Waals surface area contributed by atoms with Gasteiger partial charge in [-0.1, -0.05) is 25.1 Å². The molecular formula is C23H31FN4O4S. The number of ether oxygens (including phenoxy) is 2. The molecule has 10 heteroatoms. The lowest BCUT2D eigenvalue weighted by Crippen LogP contribution is -2.49. The fourth-order valence-electron chi connectivity index (χ4n) is 4.65. The number of carbonyl (C=O) groups is 2. The van der Waals surface area contributed by atoms with Gasteiger partial charge in [-0.15, -0.1) is 0 Å². The van der Waals surface area contributed by atoms with Crippen LogP contribution in [0.25, 0.3) is 0 Å². The molecule has 8 nitrogen and oxygen atoms in total. The molecule has 1 aliphatic carbocycles. The van der Waals surface area contributed by atoms with Gasteiger partial charge in [-0.3, -0.25) is 4.90 Å². The number of nitrogens with one attached hydrogen (secondary N) is 1. The average molecular weight is 479 g/mol. The summed E-state index contributed by atoms with van der Waals surface area (Å²) in [4.78, 5) is 30.1. The van der Waals surface area contributed by atoms with E-state index in [0.717, 1.165) is 17.8 Å². The Hall–Kier alpha value is -2.62. The number of nitrogens with zero attached hydrogens (tertiary/aromatic N) is 3. The second-order valence-electron chi connectivity index (χ2n) is 8.65. The van der Waals surface area contributed by atoms with Gasteiger partial charge in [0.15, 0.2) is 0 Å². The number of anilines is 2. The van der Waals surface area contributed by atoms with Gasteiger partial charge in [0.2, 0.25) is 0 Å². The SMILES string of the molecule is CCOC(=O)N1CCN(c2ccc(N3CC(CNC(=S)C4CCCC4)OC3=O)cc2F)CC1. The van der Waals surface area contributed by atoms with Crippen molar-refractivity contribution in [2.45, 2.75) is 38.7 Å². The largest absolute Gasteiger partial charge is 0.450 e. The maximum Gasteiger partial charge on any atom is 0.414 e. The quantitative estimate of drug-likeness (QED) is 0.627. The van der Waals surface area contributed by atoms with Crippen LogP contribution in [0.15, 0.2) is 18.2 Å². The first kappa shape index (κ1) is 23.5. The lowest BCUT2D eigenvalue weighted by molar-refractivity contribution is 0.105. The summed E-state index contributed by atoms with van der Waals surface area (Å²) in [6.07, 6.45) is 3.49. The molecular weight excluding hydrogens is 447 g/mol. The van der Waals surface area contributed by atoms with Gasteiger partial charge in [0.25, 0.3) is 0 Å². The molecule has 0 bridgehead atoms. The molecule has 0 spiro atoms. The van der Waals surface area contributed by atoms with E-state index < -0.39 is 11.9 Å². The van der Waals surface area contributed by atoms with E-state index in [1.165, 1.54) is 23.8 Å². The molecule has 0 radical (unpaired) electrons. The number of cyclic esters (lactones) is 1. The normalized spacial score (nSPS) is 21.3. The third kappa shape index (κ3) is 5.48. The molecule has 1 saturated carbocycles. The van der Waals surface area contributed by atoms with Gasteiger partial charge in [-0.2, -0.15) is 0 Å². The molecule has 1 atom stereocenters. The van der Waals surface area contributed by atoms with E-state index >= 15 is 0 Å². The van der Waals surface area contributed by atoms with Crippen LogP contribution in [0.2, 0.25) is 0 Å². The first-order valence-corrected chi connectivity index (χ1v) is 12.1. The van der Waals surface area contributed by atoms with Crippen LogP contribution in [0.3, 0.4) is 0 Å². The number of hydrogen-bond donors (Lipinski definition) is 1. The minimum Gasteiger partial charge on any atom is -0.450 e. The highest BCUT2D eigenvalue weighted by Crippen LogP contribution is 2.29. The number of halogens is 1. The minimum absolute atomic E-state index is 0.332. The van der Waals surface area contributed by atoms with E-state index in [9.17, 15) is 14.0 Å². The summed E-state index contributed by atoms with van der Waals surface area (Å²) in [6.45, 7) is 4.86. The molecule has 2 aliphatic heterocycles. The third-order valence-corrected chi connectivity index (χ3v) is 6.97. The summed E-state index contributed by atoms with van der Waals surface area (Å²) >= 11 is 5.48. The maximum absolute atomic E-state index is 15.0. The van der Waals surface area contributed by atoms with Gasteiger partial charge in [0.1, 0.15) is 11.9 Å². The molecule has 3 fully saturated rings. The molecule has 1 N–H and O–H groups in total. The van der Waals surface area contributed by atoms with Gasteiger partial charge >= 0.3 is 12.2 Å². The van der Waals surface area contributed by atoms with E-state index in [2.05, 4.69) is 5.32 Å². The van der Waals surface area contributed by atoms with E-state index in [1.807, 2.05) is 4.90 Å². The Labute approximate surface area is 199 Å². The number of piperazine rings is 1. The number of benzene rings is 1. The number of hydrogen-bond acceptors (Lipinski definition) is 6. The first-order valence-electron chi connectivity index (χ1n) is 11.7. The van der Waals surface area contributed by atoms with E-state index in [0.29, 0.717) is 63.2 Å². The predicted molar refractivity (Wildman–Crippen MR) is 127 cm³/mol. The lowest BCUT2D eigenvalue weighted by Gasteiger charge is -2.35. The van der Waals surface area contributed by atoms with Gasteiger partial charge in [0.05, 0.1) is 36.1 Å². The molecule has 4 rings (SSSR count). The standard InChI is InChI=1S/C23H31FN4O4S/c1-2-31-22(29)27-11-9-26(10-12-27)20-8-7-17(13-19(20)24)28-15-18(32-23(28)30)14-25-21(33)16-5-3-4-6-16/h7-8,13,16,18H,2-6,9-12,14-15H2,1H3,(H,25,33). The molecule has 3 aliphatic rings. The smallest absolute Gasteiger partial charge is 0.414 e. The molecule has 2 amide bonds. The molecule has 180 valence electrons. The Kier molecular flexibility index (Phi) is 7.52. The molecule has 2 saturated heterocycles. The Balaban J connectivity index is 1.31. The predicted octanol–water partition coefficient (Wildman–Crippen LogP) is 3.54. The summed E-state index contributed by atoms with van der Waals surface area (Å²) in [6, 6.07) is 4.78. The number of carbonyl (C=O) groups excluding carboxylic acids is 2. The van der Waals surface area contributed by atoms with Crippen molar-refractivity contribution in [1.82, 2.24) is 10.2 Å². The average Bonchev–Trinajstić information content (AvgIpc) is 3.48. The fourth-order valence-corrected chi connectivity index (χ4v) is 4.97. The second kappa shape index (κ2) is 10.5. The highest BCUT2D eigenvalue weighted by Gasteiger charge is 2.33. The van der Waals surface area contributed by atoms with E-state index in [-0.39, 0.29) is 12.2 Å². The Morgan fingerprint density at radius 2 is 1.97 bits per heavy atom. The fraction of sp³-hybridized carbons (Fsp3) is 0.609. The number of rotatable bonds is 6. The van der Waals surface area contributed by atoms with Crippen LogP contribution in [-0.2, 0) is 9.47 Å². The second-order valence-corrected chi connectivity index (χ2v) is 9.09. The van der Waals surface area contributed by atoms with Gasteiger partial charge in [-0.25, -0.2) is 14.0 Å². The van der Waals surface area contributed by atoms with Crippen molar-refractivity contribution in [1.29, 1.82) is 0 Å². The molecule has 1 unspecified atom stereocenters. The summed E-state index contributed by atoms with van der Waals surface area (Å²) in [7, 11) is 0. The zero-order valence-corrected chi connectivity index (χ0v) is 19.7. The van der Waals surface area contributed by atoms with Crippen LogP contribution in [0.5, 0.6) is 0 Å². The van der Waals surface area contributed by atoms with E-state index in [1.54, 1.807) is 24.0 Å². The van der Waals surface area contributed by atoms with Crippen LogP contribution in [0, 0.1) is 11.7 Å². The Bertz CT molecular complexity index is 887. The molecule has 0 aromatic heterocycles. The number of amides is 2. The summed E-state index contributed by atoms with van der Waals surface area (Å²) in [5, 5.41) is 3.25. The topological polar surface area (TPSA) is 74.3 Å². The van der Waals surface area contributed by atoms with Crippen LogP contribution >= 0.6 is 12.2 Å². The van der Waals surface area contributed by atoms with Crippen molar-refractivity contribution < 1.29 is 23.5 Å². The van der Waals surface area contributed by atoms with Crippen molar-refractivity contribution >= 4 is 40.8 Å². The Morgan fingerprint density at radius 3 is 2.64 bits per heavy atom. The number of thiocarbonyl (C=S) groups is 1. The third-order valence-electron chi connectivity index (χ3n) is 6.49. The first-order chi connectivity index (χ1) is 16.0. The summed E-state index contributed by atoms with van der Waals surface area (Å²) < 4.78 is 25.5. The van der Waals surface area contributed by atoms with Crippen molar-refractivity contribution in [2.24, 2.45) is 5.92 Å². The summed E-state index contributed by atoms with van der Waals surface area (Å²) in [5.41, 5.74) is 0.919. The highest BCUT2D eigenvalue weighted by molar-refractivity contribution is 7.80. The van der Waals surface area contributed by atoms with Crippen molar-refractivity contribution in [2.75, 3.05) is 55.7 Å². The van der Waals surface area contributed by atoms with Crippen LogP contribution < -0.4 is 15.1 Å². The van der Waals surface area contributed by atoms with Gasteiger partial charge in [-0.05, 0) is 38.0 Å². The van der Waals surface area contributed by atoms with Crippen molar-refractivity contribution in [3.05, 3.63) is 24.0 Å². The van der Waals surface area contributed by atoms with Crippen LogP contribution in [-0.4, -0.2) is 74.1 Å². The van der Waals surface area contributed by atoms with Gasteiger partial charge < -0.3 is 24.6 Å². The minimum atomic E-state index is -0.483. The summed E-state index contributed by atoms with van der Waals surface area (Å²) in [5.74, 6) is 0.0166. The zero-order chi connectivity index (χ0) is 23.4. The van der Waals surface area contributed by atoms with Crippen molar-refractivity contribution in [3.63, 3.8) is 0 Å². The zero-order valence-electron chi connectivity index (χ0n) is 18.9.